The second kappa shape index (κ2) is 7.34. The van der Waals surface area contributed by atoms with Crippen LogP contribution in [-0.2, 0) is 30.6 Å². The Balaban J connectivity index is 1.61. The summed E-state index contributed by atoms with van der Waals surface area (Å²) in [6.45, 7) is 0.436. The molecule has 1 heterocycles. The van der Waals surface area contributed by atoms with E-state index in [2.05, 4.69) is 10.3 Å². The second-order valence-corrected chi connectivity index (χ2v) is 6.11. The number of pyridine rings is 1. The minimum atomic E-state index is -0.146. The highest BCUT2D eigenvalue weighted by Gasteiger charge is 2.16. The highest BCUT2D eigenvalue weighted by atomic mass is 16.5. The van der Waals surface area contributed by atoms with Crippen molar-refractivity contribution in [1.29, 1.82) is 0 Å². The standard InChI is InChI=1S/C19H22N2O3/c1-24-15-8-6-13(7-9-15)11-21-18(22)10-14-12-20-17-5-3-2-4-16(17)19(14)23/h6-9,12H,2-5,10-11H2,1H3,(H,20,23)(H,21,22). The van der Waals surface area contributed by atoms with E-state index in [1.54, 1.807) is 13.3 Å². The summed E-state index contributed by atoms with van der Waals surface area (Å²) in [7, 11) is 1.62. The SMILES string of the molecule is COc1ccc(CNC(=O)Cc2c[nH]c3c(c2=O)CCCC3)cc1. The van der Waals surface area contributed by atoms with Crippen LogP contribution in [-0.4, -0.2) is 18.0 Å². The van der Waals surface area contributed by atoms with Gasteiger partial charge in [-0.05, 0) is 43.4 Å². The molecule has 1 aliphatic rings. The normalized spacial score (nSPS) is 13.2. The fourth-order valence-corrected chi connectivity index (χ4v) is 3.06. The molecule has 0 saturated heterocycles. The molecule has 0 bridgehead atoms. The van der Waals surface area contributed by atoms with Gasteiger partial charge in [0.05, 0.1) is 13.5 Å². The van der Waals surface area contributed by atoms with Crippen LogP contribution in [0.25, 0.3) is 0 Å². The molecular formula is C19H22N2O3. The molecule has 0 aliphatic heterocycles. The fraction of sp³-hybridized carbons (Fsp3) is 0.368. The van der Waals surface area contributed by atoms with Gasteiger partial charge in [0.2, 0.25) is 5.91 Å². The number of hydrogen-bond acceptors (Lipinski definition) is 3. The number of aromatic nitrogens is 1. The molecule has 2 N–H and O–H groups in total. The molecule has 1 amide bonds. The molecule has 1 aliphatic carbocycles. The zero-order valence-electron chi connectivity index (χ0n) is 13.9. The molecule has 0 spiro atoms. The molecule has 0 radical (unpaired) electrons. The van der Waals surface area contributed by atoms with Crippen molar-refractivity contribution < 1.29 is 9.53 Å². The lowest BCUT2D eigenvalue weighted by atomic mass is 9.94. The Bertz CT molecular complexity index is 778. The molecule has 0 atom stereocenters. The number of carbonyl (C=O) groups excluding carboxylic acids is 1. The highest BCUT2D eigenvalue weighted by molar-refractivity contribution is 5.78. The molecule has 5 heteroatoms. The Hall–Kier alpha value is -2.56. The molecule has 0 unspecified atom stereocenters. The van der Waals surface area contributed by atoms with Gasteiger partial charge >= 0.3 is 0 Å². The predicted molar refractivity (Wildman–Crippen MR) is 92.2 cm³/mol. The minimum Gasteiger partial charge on any atom is -0.497 e. The Morgan fingerprint density at radius 2 is 1.96 bits per heavy atom. The summed E-state index contributed by atoms with van der Waals surface area (Å²) < 4.78 is 5.11. The molecule has 126 valence electrons. The quantitative estimate of drug-likeness (QED) is 0.884. The van der Waals surface area contributed by atoms with Crippen LogP contribution in [0.4, 0.5) is 0 Å². The van der Waals surface area contributed by atoms with E-state index in [4.69, 9.17) is 4.74 Å². The van der Waals surface area contributed by atoms with Gasteiger partial charge in [0.1, 0.15) is 5.75 Å². The number of rotatable bonds is 5. The number of carbonyl (C=O) groups is 1. The molecule has 1 aromatic heterocycles. The molecule has 5 nitrogen and oxygen atoms in total. The second-order valence-electron chi connectivity index (χ2n) is 6.11. The topological polar surface area (TPSA) is 71.2 Å². The van der Waals surface area contributed by atoms with Crippen molar-refractivity contribution >= 4 is 5.91 Å². The van der Waals surface area contributed by atoms with E-state index in [-0.39, 0.29) is 17.8 Å². The van der Waals surface area contributed by atoms with E-state index in [0.29, 0.717) is 12.1 Å². The predicted octanol–water partition coefficient (Wildman–Crippen LogP) is 2.12. The van der Waals surface area contributed by atoms with Crippen LogP contribution in [0.5, 0.6) is 5.75 Å². The van der Waals surface area contributed by atoms with E-state index < -0.39 is 0 Å². The third kappa shape index (κ3) is 3.67. The van der Waals surface area contributed by atoms with Gasteiger partial charge in [-0.25, -0.2) is 0 Å². The Labute approximate surface area is 141 Å². The van der Waals surface area contributed by atoms with Crippen molar-refractivity contribution in [2.24, 2.45) is 0 Å². The van der Waals surface area contributed by atoms with Crippen LogP contribution in [0.3, 0.4) is 0 Å². The molecule has 24 heavy (non-hydrogen) atoms. The first kappa shape index (κ1) is 16.3. The van der Waals surface area contributed by atoms with Gasteiger partial charge in [-0.2, -0.15) is 0 Å². The Morgan fingerprint density at radius 1 is 1.21 bits per heavy atom. The lowest BCUT2D eigenvalue weighted by Gasteiger charge is -2.15. The molecule has 3 rings (SSSR count). The fourth-order valence-electron chi connectivity index (χ4n) is 3.06. The molecule has 0 saturated carbocycles. The monoisotopic (exact) mass is 326 g/mol. The summed E-state index contributed by atoms with van der Waals surface area (Å²) in [5.74, 6) is 0.637. The van der Waals surface area contributed by atoms with Crippen LogP contribution in [0, 0.1) is 0 Å². The minimum absolute atomic E-state index is 0.0306. The Morgan fingerprint density at radius 3 is 2.71 bits per heavy atom. The molecule has 2 aromatic rings. The number of methoxy groups -OCH3 is 1. The third-order valence-corrected chi connectivity index (χ3v) is 4.45. The van der Waals surface area contributed by atoms with Gasteiger partial charge in [-0.3, -0.25) is 9.59 Å². The number of ether oxygens (including phenoxy) is 1. The molecule has 1 aromatic carbocycles. The van der Waals surface area contributed by atoms with Gasteiger partial charge < -0.3 is 15.0 Å². The number of nitrogens with one attached hydrogen (secondary N) is 2. The molecular weight excluding hydrogens is 304 g/mol. The lowest BCUT2D eigenvalue weighted by molar-refractivity contribution is -0.120. The first-order valence-electron chi connectivity index (χ1n) is 8.29. The van der Waals surface area contributed by atoms with E-state index in [1.165, 1.54) is 0 Å². The van der Waals surface area contributed by atoms with Crippen LogP contribution < -0.4 is 15.5 Å². The van der Waals surface area contributed by atoms with Crippen molar-refractivity contribution in [2.45, 2.75) is 38.6 Å². The van der Waals surface area contributed by atoms with Gasteiger partial charge in [-0.15, -0.1) is 0 Å². The summed E-state index contributed by atoms with van der Waals surface area (Å²) in [5.41, 5.74) is 3.46. The van der Waals surface area contributed by atoms with Crippen LogP contribution in [0.15, 0.2) is 35.3 Å². The van der Waals surface area contributed by atoms with Crippen molar-refractivity contribution in [3.05, 3.63) is 63.1 Å². The number of amides is 1. The van der Waals surface area contributed by atoms with E-state index in [9.17, 15) is 9.59 Å². The lowest BCUT2D eigenvalue weighted by Crippen LogP contribution is -2.29. The van der Waals surface area contributed by atoms with Crippen molar-refractivity contribution in [3.8, 4) is 5.75 Å². The van der Waals surface area contributed by atoms with Gasteiger partial charge in [0.25, 0.3) is 0 Å². The number of aromatic amines is 1. The van der Waals surface area contributed by atoms with Gasteiger partial charge in [-0.1, -0.05) is 12.1 Å². The highest BCUT2D eigenvalue weighted by Crippen LogP contribution is 2.16. The zero-order chi connectivity index (χ0) is 16.9. The number of H-pyrrole nitrogens is 1. The van der Waals surface area contributed by atoms with E-state index >= 15 is 0 Å². The first-order valence-corrected chi connectivity index (χ1v) is 8.29. The van der Waals surface area contributed by atoms with Crippen molar-refractivity contribution in [3.63, 3.8) is 0 Å². The number of aryl methyl sites for hydroxylation is 1. The summed E-state index contributed by atoms with van der Waals surface area (Å²) >= 11 is 0. The largest absolute Gasteiger partial charge is 0.497 e. The van der Waals surface area contributed by atoms with Gasteiger partial charge in [0, 0.05) is 29.6 Å². The third-order valence-electron chi connectivity index (χ3n) is 4.45. The maximum absolute atomic E-state index is 12.5. The van der Waals surface area contributed by atoms with Crippen molar-refractivity contribution in [2.75, 3.05) is 7.11 Å². The van der Waals surface area contributed by atoms with E-state index in [0.717, 1.165) is 48.3 Å². The average Bonchev–Trinajstić information content (AvgIpc) is 2.63. The van der Waals surface area contributed by atoms with Crippen molar-refractivity contribution in [1.82, 2.24) is 10.3 Å². The van der Waals surface area contributed by atoms with E-state index in [1.807, 2.05) is 24.3 Å². The van der Waals surface area contributed by atoms with Crippen LogP contribution in [0.1, 0.15) is 35.2 Å². The smallest absolute Gasteiger partial charge is 0.224 e. The maximum Gasteiger partial charge on any atom is 0.224 e. The Kier molecular flexibility index (Phi) is 4.99. The maximum atomic E-state index is 12.5. The first-order chi connectivity index (χ1) is 11.7. The summed E-state index contributed by atoms with van der Waals surface area (Å²) in [6, 6.07) is 7.53. The number of benzene rings is 1. The molecule has 0 fully saturated rings. The average molecular weight is 326 g/mol. The summed E-state index contributed by atoms with van der Waals surface area (Å²) in [4.78, 5) is 27.8. The van der Waals surface area contributed by atoms with Crippen LogP contribution in [0.2, 0.25) is 0 Å². The van der Waals surface area contributed by atoms with Crippen LogP contribution >= 0.6 is 0 Å². The summed E-state index contributed by atoms with van der Waals surface area (Å²) in [6.07, 6.45) is 5.70. The van der Waals surface area contributed by atoms with Gasteiger partial charge in [0.15, 0.2) is 5.43 Å². The zero-order valence-corrected chi connectivity index (χ0v) is 13.9. The number of hydrogen-bond donors (Lipinski definition) is 2. The summed E-state index contributed by atoms with van der Waals surface area (Å²) in [5, 5.41) is 2.86. The number of fused-ring (bicyclic) bond motifs is 1.